The van der Waals surface area contributed by atoms with Crippen molar-refractivity contribution in [2.24, 2.45) is 11.8 Å². The molecular formula is C18H25NO2. The van der Waals surface area contributed by atoms with Gasteiger partial charge < -0.3 is 14.8 Å². The van der Waals surface area contributed by atoms with Gasteiger partial charge in [0.05, 0.1) is 13.2 Å². The molecule has 2 atom stereocenters. The zero-order valence-corrected chi connectivity index (χ0v) is 12.6. The number of ether oxygens (including phenoxy) is 2. The van der Waals surface area contributed by atoms with Crippen LogP contribution in [-0.2, 0) is 0 Å². The predicted octanol–water partition coefficient (Wildman–Crippen LogP) is 4.23. The second-order valence-corrected chi connectivity index (χ2v) is 6.82. The Morgan fingerprint density at radius 1 is 0.857 bits per heavy atom. The molecule has 2 unspecified atom stereocenters. The quantitative estimate of drug-likeness (QED) is 0.902. The molecule has 2 saturated carbocycles. The summed E-state index contributed by atoms with van der Waals surface area (Å²) in [5, 5.41) is 3.73. The lowest BCUT2D eigenvalue weighted by atomic mass is 9.82. The highest BCUT2D eigenvalue weighted by molar-refractivity contribution is 5.55. The second kappa shape index (κ2) is 5.78. The summed E-state index contributed by atoms with van der Waals surface area (Å²) in [6, 6.07) is 6.92. The summed E-state index contributed by atoms with van der Waals surface area (Å²) in [7, 11) is 0. The molecule has 3 aliphatic rings. The van der Waals surface area contributed by atoms with Crippen molar-refractivity contribution < 1.29 is 9.47 Å². The summed E-state index contributed by atoms with van der Waals surface area (Å²) in [6.07, 6.45) is 9.39. The third-order valence-corrected chi connectivity index (χ3v) is 5.12. The number of fused-ring (bicyclic) bond motifs is 1. The molecule has 1 aromatic carbocycles. The topological polar surface area (TPSA) is 30.5 Å². The number of benzene rings is 1. The van der Waals surface area contributed by atoms with Crippen molar-refractivity contribution in [3.8, 4) is 11.5 Å². The molecule has 1 heterocycles. The Labute approximate surface area is 127 Å². The van der Waals surface area contributed by atoms with E-state index in [2.05, 4.69) is 17.4 Å². The molecule has 2 aliphatic carbocycles. The van der Waals surface area contributed by atoms with Gasteiger partial charge in [0, 0.05) is 24.2 Å². The lowest BCUT2D eigenvalue weighted by Gasteiger charge is -2.30. The summed E-state index contributed by atoms with van der Waals surface area (Å²) in [5.41, 5.74) is 1.18. The Hall–Kier alpha value is -1.38. The van der Waals surface area contributed by atoms with Crippen LogP contribution in [0.3, 0.4) is 0 Å². The normalized spacial score (nSPS) is 28.8. The first-order valence-electron chi connectivity index (χ1n) is 8.55. The van der Waals surface area contributed by atoms with E-state index in [9.17, 15) is 0 Å². The van der Waals surface area contributed by atoms with E-state index in [0.29, 0.717) is 6.04 Å². The van der Waals surface area contributed by atoms with Crippen LogP contribution in [0.5, 0.6) is 11.5 Å². The highest BCUT2D eigenvalue weighted by Crippen LogP contribution is 2.44. The molecule has 0 radical (unpaired) electrons. The molecule has 114 valence electrons. The Morgan fingerprint density at radius 3 is 2.57 bits per heavy atom. The van der Waals surface area contributed by atoms with Gasteiger partial charge in [-0.25, -0.2) is 0 Å². The molecule has 4 rings (SSSR count). The van der Waals surface area contributed by atoms with E-state index in [-0.39, 0.29) is 0 Å². The summed E-state index contributed by atoms with van der Waals surface area (Å²) < 4.78 is 11.5. The van der Waals surface area contributed by atoms with E-state index in [4.69, 9.17) is 9.47 Å². The molecule has 1 aromatic rings. The van der Waals surface area contributed by atoms with Crippen molar-refractivity contribution in [1.29, 1.82) is 0 Å². The summed E-state index contributed by atoms with van der Waals surface area (Å²) >= 11 is 0. The first kappa shape index (κ1) is 13.3. The summed E-state index contributed by atoms with van der Waals surface area (Å²) in [4.78, 5) is 0. The number of hydrogen-bond acceptors (Lipinski definition) is 3. The smallest absolute Gasteiger partial charge is 0.163 e. The SMILES string of the molecule is c1cc2c(cc1NC1CCCC(C3CC3)C1)OCCCO2. The number of hydrogen-bond donors (Lipinski definition) is 1. The summed E-state index contributed by atoms with van der Waals surface area (Å²) in [5.74, 6) is 3.79. The Balaban J connectivity index is 1.43. The third-order valence-electron chi connectivity index (χ3n) is 5.12. The minimum atomic E-state index is 0.633. The van der Waals surface area contributed by atoms with E-state index in [1.54, 1.807) is 0 Å². The number of anilines is 1. The van der Waals surface area contributed by atoms with Gasteiger partial charge in [0.15, 0.2) is 11.5 Å². The van der Waals surface area contributed by atoms with Crippen molar-refractivity contribution >= 4 is 5.69 Å². The van der Waals surface area contributed by atoms with E-state index < -0.39 is 0 Å². The highest BCUT2D eigenvalue weighted by Gasteiger charge is 2.34. The maximum Gasteiger partial charge on any atom is 0.163 e. The molecule has 3 nitrogen and oxygen atoms in total. The van der Waals surface area contributed by atoms with Gasteiger partial charge in [-0.15, -0.1) is 0 Å². The fraction of sp³-hybridized carbons (Fsp3) is 0.667. The Bertz CT molecular complexity index is 498. The van der Waals surface area contributed by atoms with Crippen LogP contribution in [0.15, 0.2) is 18.2 Å². The van der Waals surface area contributed by atoms with Gasteiger partial charge in [0.2, 0.25) is 0 Å². The zero-order chi connectivity index (χ0) is 14.1. The second-order valence-electron chi connectivity index (χ2n) is 6.82. The standard InChI is InChI=1S/C18H25NO2/c1-3-14(13-5-6-13)11-15(4-1)19-16-7-8-17-18(12-16)21-10-2-9-20-17/h7-8,12-15,19H,1-6,9-11H2. The van der Waals surface area contributed by atoms with Crippen molar-refractivity contribution in [3.05, 3.63) is 18.2 Å². The van der Waals surface area contributed by atoms with Gasteiger partial charge in [0.25, 0.3) is 0 Å². The number of rotatable bonds is 3. The van der Waals surface area contributed by atoms with Crippen LogP contribution in [0, 0.1) is 11.8 Å². The molecule has 0 amide bonds. The van der Waals surface area contributed by atoms with Crippen LogP contribution in [0.4, 0.5) is 5.69 Å². The molecule has 0 bridgehead atoms. The van der Waals surface area contributed by atoms with Gasteiger partial charge in [-0.2, -0.15) is 0 Å². The molecule has 21 heavy (non-hydrogen) atoms. The van der Waals surface area contributed by atoms with Gasteiger partial charge in [-0.1, -0.05) is 12.8 Å². The van der Waals surface area contributed by atoms with E-state index in [0.717, 1.165) is 43.0 Å². The van der Waals surface area contributed by atoms with Crippen molar-refractivity contribution in [2.45, 2.75) is 51.0 Å². The van der Waals surface area contributed by atoms with Crippen LogP contribution in [0.1, 0.15) is 44.9 Å². The van der Waals surface area contributed by atoms with Crippen LogP contribution in [-0.4, -0.2) is 19.3 Å². The fourth-order valence-corrected chi connectivity index (χ4v) is 3.84. The molecular weight excluding hydrogens is 262 g/mol. The van der Waals surface area contributed by atoms with E-state index in [1.807, 2.05) is 6.07 Å². The molecule has 3 heteroatoms. The lowest BCUT2D eigenvalue weighted by molar-refractivity contribution is 0.297. The van der Waals surface area contributed by atoms with Gasteiger partial charge in [-0.05, 0) is 49.7 Å². The molecule has 2 fully saturated rings. The van der Waals surface area contributed by atoms with E-state index >= 15 is 0 Å². The van der Waals surface area contributed by atoms with Crippen LogP contribution in [0.25, 0.3) is 0 Å². The summed E-state index contributed by atoms with van der Waals surface area (Å²) in [6.45, 7) is 1.51. The average Bonchev–Trinajstić information content (AvgIpc) is 3.34. The van der Waals surface area contributed by atoms with Crippen molar-refractivity contribution in [1.82, 2.24) is 0 Å². The molecule has 0 saturated heterocycles. The van der Waals surface area contributed by atoms with Crippen LogP contribution >= 0.6 is 0 Å². The van der Waals surface area contributed by atoms with Gasteiger partial charge in [-0.3, -0.25) is 0 Å². The maximum absolute atomic E-state index is 5.78. The first-order chi connectivity index (χ1) is 10.4. The Morgan fingerprint density at radius 2 is 1.71 bits per heavy atom. The third kappa shape index (κ3) is 3.12. The largest absolute Gasteiger partial charge is 0.490 e. The fourth-order valence-electron chi connectivity index (χ4n) is 3.84. The Kier molecular flexibility index (Phi) is 3.66. The molecule has 0 aromatic heterocycles. The van der Waals surface area contributed by atoms with Crippen LogP contribution < -0.4 is 14.8 Å². The predicted molar refractivity (Wildman–Crippen MR) is 84.1 cm³/mol. The van der Waals surface area contributed by atoms with Crippen molar-refractivity contribution in [2.75, 3.05) is 18.5 Å². The zero-order valence-electron chi connectivity index (χ0n) is 12.6. The minimum absolute atomic E-state index is 0.633. The minimum Gasteiger partial charge on any atom is -0.490 e. The monoisotopic (exact) mass is 287 g/mol. The van der Waals surface area contributed by atoms with Crippen molar-refractivity contribution in [3.63, 3.8) is 0 Å². The maximum atomic E-state index is 5.78. The molecule has 1 aliphatic heterocycles. The molecule has 1 N–H and O–H groups in total. The average molecular weight is 287 g/mol. The lowest BCUT2D eigenvalue weighted by Crippen LogP contribution is -2.28. The number of nitrogens with one attached hydrogen (secondary N) is 1. The molecule has 0 spiro atoms. The first-order valence-corrected chi connectivity index (χ1v) is 8.55. The van der Waals surface area contributed by atoms with Crippen LogP contribution in [0.2, 0.25) is 0 Å². The van der Waals surface area contributed by atoms with Gasteiger partial charge >= 0.3 is 0 Å². The van der Waals surface area contributed by atoms with Gasteiger partial charge in [0.1, 0.15) is 0 Å². The highest BCUT2D eigenvalue weighted by atomic mass is 16.5. The van der Waals surface area contributed by atoms with E-state index in [1.165, 1.54) is 44.2 Å².